The summed E-state index contributed by atoms with van der Waals surface area (Å²) in [7, 11) is 1.32. The molecule has 2 aromatic heterocycles. The fraction of sp³-hybridized carbons (Fsp3) is 0.133. The first-order valence-corrected chi connectivity index (χ1v) is 12.2. The van der Waals surface area contributed by atoms with Crippen molar-refractivity contribution in [1.29, 1.82) is 0 Å². The number of methoxy groups -OCH3 is 1. The van der Waals surface area contributed by atoms with Crippen molar-refractivity contribution >= 4 is 23.1 Å². The number of hydrogen-bond acceptors (Lipinski definition) is 5. The largest absolute Gasteiger partial charge is 0.465 e. The lowest BCUT2D eigenvalue weighted by molar-refractivity contribution is -0.137. The fourth-order valence-corrected chi connectivity index (χ4v) is 4.55. The molecular formula is C30H23F3N4O3. The lowest BCUT2D eigenvalue weighted by Gasteiger charge is -2.12. The Labute approximate surface area is 226 Å². The normalized spacial score (nSPS) is 11.8. The molecule has 0 aliphatic rings. The Balaban J connectivity index is 1.61. The van der Waals surface area contributed by atoms with Crippen LogP contribution in [0.2, 0.25) is 0 Å². The average molecular weight is 545 g/mol. The Bertz CT molecular complexity index is 1830. The highest BCUT2D eigenvalue weighted by atomic mass is 19.4. The van der Waals surface area contributed by atoms with Crippen molar-refractivity contribution in [3.8, 4) is 17.1 Å². The van der Waals surface area contributed by atoms with Crippen molar-refractivity contribution in [2.75, 3.05) is 7.11 Å². The first-order chi connectivity index (χ1) is 19.1. The summed E-state index contributed by atoms with van der Waals surface area (Å²) in [6, 6.07) is 20.0. The van der Waals surface area contributed by atoms with E-state index in [0.717, 1.165) is 33.9 Å². The number of carbonyl (C=O) groups excluding carboxylic acids is 1. The van der Waals surface area contributed by atoms with E-state index in [9.17, 15) is 22.8 Å². The molecule has 0 N–H and O–H groups in total. The molecule has 202 valence electrons. The van der Waals surface area contributed by atoms with Gasteiger partial charge in [0.1, 0.15) is 0 Å². The molecule has 40 heavy (non-hydrogen) atoms. The molecule has 0 fully saturated rings. The second kappa shape index (κ2) is 10.3. The highest BCUT2D eigenvalue weighted by Gasteiger charge is 2.31. The monoisotopic (exact) mass is 544 g/mol. The maximum atomic E-state index is 13.5. The number of aromatic nitrogens is 3. The molecule has 5 rings (SSSR count). The molecule has 0 saturated carbocycles. The molecule has 0 spiro atoms. The van der Waals surface area contributed by atoms with Crippen LogP contribution in [-0.4, -0.2) is 33.5 Å². The Morgan fingerprint density at radius 1 is 0.975 bits per heavy atom. The van der Waals surface area contributed by atoms with Gasteiger partial charge in [-0.15, -0.1) is 0 Å². The third kappa shape index (κ3) is 4.91. The second-order valence-corrected chi connectivity index (χ2v) is 9.09. The van der Waals surface area contributed by atoms with Crippen molar-refractivity contribution in [3.05, 3.63) is 117 Å². The molecule has 0 amide bonds. The van der Waals surface area contributed by atoms with E-state index in [-0.39, 0.29) is 16.8 Å². The van der Waals surface area contributed by atoms with Gasteiger partial charge in [0.25, 0.3) is 5.56 Å². The standard InChI is InChI=1S/C30H23F3N4O3/c1-18-15-22(19(2)36(18)24-13-11-20(12-14-24)29(39)40-3)17-34-37-27(21-7-6-8-23(16-21)30(31,32)33)35-26-10-5-4-9-25(26)28(37)38/h4-17H,1-3H3. The number of esters is 1. The van der Waals surface area contributed by atoms with Crippen LogP contribution >= 0.6 is 0 Å². The van der Waals surface area contributed by atoms with Crippen LogP contribution in [0.15, 0.2) is 88.8 Å². The van der Waals surface area contributed by atoms with Crippen LogP contribution in [0.1, 0.15) is 32.9 Å². The number of halogens is 3. The third-order valence-electron chi connectivity index (χ3n) is 6.53. The quantitative estimate of drug-likeness (QED) is 0.196. The molecule has 0 aliphatic carbocycles. The predicted molar refractivity (Wildman–Crippen MR) is 146 cm³/mol. The minimum Gasteiger partial charge on any atom is -0.465 e. The summed E-state index contributed by atoms with van der Waals surface area (Å²) in [5.41, 5.74) is 2.65. The number of fused-ring (bicyclic) bond motifs is 1. The number of ether oxygens (including phenoxy) is 1. The first kappa shape index (κ1) is 26.6. The van der Waals surface area contributed by atoms with E-state index in [1.54, 1.807) is 48.5 Å². The zero-order chi connectivity index (χ0) is 28.6. The van der Waals surface area contributed by atoms with Gasteiger partial charge in [-0.05, 0) is 68.4 Å². The van der Waals surface area contributed by atoms with E-state index in [0.29, 0.717) is 16.6 Å². The van der Waals surface area contributed by atoms with Gasteiger partial charge in [-0.1, -0.05) is 24.3 Å². The van der Waals surface area contributed by atoms with Crippen molar-refractivity contribution in [2.24, 2.45) is 5.10 Å². The minimum atomic E-state index is -4.56. The average Bonchev–Trinajstić information content (AvgIpc) is 3.24. The van der Waals surface area contributed by atoms with Gasteiger partial charge in [0, 0.05) is 28.2 Å². The molecular weight excluding hydrogens is 521 g/mol. The maximum absolute atomic E-state index is 13.5. The number of alkyl halides is 3. The van der Waals surface area contributed by atoms with E-state index in [1.807, 2.05) is 24.5 Å². The Morgan fingerprint density at radius 2 is 1.70 bits per heavy atom. The lowest BCUT2D eigenvalue weighted by Crippen LogP contribution is -2.20. The van der Waals surface area contributed by atoms with Crippen LogP contribution < -0.4 is 5.56 Å². The van der Waals surface area contributed by atoms with Gasteiger partial charge >= 0.3 is 12.1 Å². The number of rotatable bonds is 5. The fourth-order valence-electron chi connectivity index (χ4n) is 4.55. The van der Waals surface area contributed by atoms with Crippen LogP contribution in [0.25, 0.3) is 28.0 Å². The Kier molecular flexibility index (Phi) is 6.85. The number of aryl methyl sites for hydroxylation is 1. The Morgan fingerprint density at radius 3 is 2.40 bits per heavy atom. The van der Waals surface area contributed by atoms with Crippen molar-refractivity contribution < 1.29 is 22.7 Å². The molecule has 0 radical (unpaired) electrons. The maximum Gasteiger partial charge on any atom is 0.416 e. The SMILES string of the molecule is COC(=O)c1ccc(-n2c(C)cc(C=Nn3c(-c4cccc(C(F)(F)F)c4)nc4ccccc4c3=O)c2C)cc1. The van der Waals surface area contributed by atoms with Gasteiger partial charge in [-0.3, -0.25) is 4.79 Å². The first-order valence-electron chi connectivity index (χ1n) is 12.2. The zero-order valence-corrected chi connectivity index (χ0v) is 21.7. The lowest BCUT2D eigenvalue weighted by atomic mass is 10.1. The second-order valence-electron chi connectivity index (χ2n) is 9.09. The highest BCUT2D eigenvalue weighted by Crippen LogP contribution is 2.32. The van der Waals surface area contributed by atoms with Crippen LogP contribution in [0.3, 0.4) is 0 Å². The number of benzene rings is 3. The van der Waals surface area contributed by atoms with E-state index < -0.39 is 23.3 Å². The molecule has 7 nitrogen and oxygen atoms in total. The molecule has 0 unspecified atom stereocenters. The van der Waals surface area contributed by atoms with E-state index in [2.05, 4.69) is 10.1 Å². The van der Waals surface area contributed by atoms with Crippen molar-refractivity contribution in [3.63, 3.8) is 0 Å². The van der Waals surface area contributed by atoms with Crippen LogP contribution in [0, 0.1) is 13.8 Å². The number of para-hydroxylation sites is 1. The summed E-state index contributed by atoms with van der Waals surface area (Å²) in [6.45, 7) is 3.77. The van der Waals surface area contributed by atoms with Gasteiger partial charge < -0.3 is 9.30 Å². The molecule has 0 saturated heterocycles. The summed E-state index contributed by atoms with van der Waals surface area (Å²) in [5, 5.41) is 4.70. The molecule has 2 heterocycles. The highest BCUT2D eigenvalue weighted by molar-refractivity contribution is 5.89. The molecule has 5 aromatic rings. The molecule has 10 heteroatoms. The van der Waals surface area contributed by atoms with Crippen molar-refractivity contribution in [1.82, 2.24) is 14.2 Å². The number of nitrogens with zero attached hydrogens (tertiary/aromatic N) is 4. The van der Waals surface area contributed by atoms with Gasteiger partial charge in [-0.2, -0.15) is 22.9 Å². The smallest absolute Gasteiger partial charge is 0.416 e. The molecule has 0 atom stereocenters. The summed E-state index contributed by atoms with van der Waals surface area (Å²) in [6.07, 6.45) is -3.08. The van der Waals surface area contributed by atoms with Crippen LogP contribution in [0.5, 0.6) is 0 Å². The van der Waals surface area contributed by atoms with Crippen LogP contribution in [0.4, 0.5) is 13.2 Å². The number of carbonyl (C=O) groups is 1. The van der Waals surface area contributed by atoms with E-state index in [1.165, 1.54) is 25.5 Å². The molecule has 0 bridgehead atoms. The van der Waals surface area contributed by atoms with Gasteiger partial charge in [-0.25, -0.2) is 9.78 Å². The van der Waals surface area contributed by atoms with Gasteiger partial charge in [0.05, 0.1) is 35.4 Å². The minimum absolute atomic E-state index is 0.0155. The third-order valence-corrected chi connectivity index (χ3v) is 6.53. The van der Waals surface area contributed by atoms with E-state index >= 15 is 0 Å². The van der Waals surface area contributed by atoms with Crippen molar-refractivity contribution in [2.45, 2.75) is 20.0 Å². The van der Waals surface area contributed by atoms with E-state index in [4.69, 9.17) is 4.74 Å². The topological polar surface area (TPSA) is 78.5 Å². The summed E-state index contributed by atoms with van der Waals surface area (Å²) in [5.74, 6) is -0.454. The predicted octanol–water partition coefficient (Wildman–Crippen LogP) is 6.16. The van der Waals surface area contributed by atoms with Crippen LogP contribution in [-0.2, 0) is 10.9 Å². The van der Waals surface area contributed by atoms with Gasteiger partial charge in [0.15, 0.2) is 5.82 Å². The molecule has 3 aromatic carbocycles. The number of hydrogen-bond donors (Lipinski definition) is 0. The summed E-state index contributed by atoms with van der Waals surface area (Å²) < 4.78 is 48.1. The summed E-state index contributed by atoms with van der Waals surface area (Å²) >= 11 is 0. The zero-order valence-electron chi connectivity index (χ0n) is 21.7. The molecule has 0 aliphatic heterocycles. The Hall–Kier alpha value is -4.99. The summed E-state index contributed by atoms with van der Waals surface area (Å²) in [4.78, 5) is 29.8. The van der Waals surface area contributed by atoms with Gasteiger partial charge in [0.2, 0.25) is 0 Å².